The van der Waals surface area contributed by atoms with Crippen molar-refractivity contribution in [1.82, 2.24) is 9.78 Å². The monoisotopic (exact) mass is 383 g/mol. The van der Waals surface area contributed by atoms with Crippen LogP contribution in [0.1, 0.15) is 0 Å². The zero-order chi connectivity index (χ0) is 19.4. The molecule has 0 atom stereocenters. The van der Waals surface area contributed by atoms with Crippen molar-refractivity contribution in [1.29, 1.82) is 0 Å². The standard InChI is InChI=1S/C18H17N5O3S/c1-25-12-8-9-14(26-2)13(10-12)20-21-16-15(11-6-4-3-5-7-11)22-23(17(16)24)18(19)27/h3-10,22H,1-2H3,(H2,19,27). The van der Waals surface area contributed by atoms with E-state index in [1.165, 1.54) is 7.11 Å². The van der Waals surface area contributed by atoms with E-state index in [0.29, 0.717) is 22.9 Å². The lowest BCUT2D eigenvalue weighted by atomic mass is 10.1. The number of ether oxygens (including phenoxy) is 2. The fourth-order valence-corrected chi connectivity index (χ4v) is 2.59. The Balaban J connectivity index is 2.13. The number of azo groups is 1. The van der Waals surface area contributed by atoms with Crippen molar-refractivity contribution < 1.29 is 9.47 Å². The van der Waals surface area contributed by atoms with Crippen LogP contribution in [0.15, 0.2) is 63.6 Å². The lowest BCUT2D eigenvalue weighted by Gasteiger charge is -2.05. The van der Waals surface area contributed by atoms with Crippen LogP contribution >= 0.6 is 12.2 Å². The number of H-pyrrole nitrogens is 1. The van der Waals surface area contributed by atoms with E-state index in [4.69, 9.17) is 27.4 Å². The summed E-state index contributed by atoms with van der Waals surface area (Å²) in [6.07, 6.45) is 0. The van der Waals surface area contributed by atoms with E-state index in [1.807, 2.05) is 30.3 Å². The number of benzene rings is 2. The number of nitrogens with one attached hydrogen (secondary N) is 1. The van der Waals surface area contributed by atoms with Gasteiger partial charge in [-0.15, -0.1) is 10.2 Å². The molecule has 0 radical (unpaired) electrons. The Hall–Kier alpha value is -3.46. The van der Waals surface area contributed by atoms with Gasteiger partial charge >= 0.3 is 5.56 Å². The molecule has 0 aliphatic heterocycles. The van der Waals surface area contributed by atoms with E-state index in [2.05, 4.69) is 15.3 Å². The van der Waals surface area contributed by atoms with Gasteiger partial charge in [0.25, 0.3) is 0 Å². The summed E-state index contributed by atoms with van der Waals surface area (Å²) in [4.78, 5) is 12.7. The summed E-state index contributed by atoms with van der Waals surface area (Å²) in [7, 11) is 3.07. The summed E-state index contributed by atoms with van der Waals surface area (Å²) in [5.41, 5.74) is 6.83. The van der Waals surface area contributed by atoms with E-state index in [9.17, 15) is 4.79 Å². The first-order chi connectivity index (χ1) is 13.0. The van der Waals surface area contributed by atoms with Crippen molar-refractivity contribution in [3.05, 3.63) is 58.9 Å². The molecular formula is C18H17N5O3S. The molecule has 3 N–H and O–H groups in total. The topological polar surface area (TPSA) is 107 Å². The number of nitrogens with two attached hydrogens (primary N) is 1. The molecular weight excluding hydrogens is 366 g/mol. The van der Waals surface area contributed by atoms with Crippen molar-refractivity contribution in [3.8, 4) is 22.8 Å². The van der Waals surface area contributed by atoms with Crippen LogP contribution in [-0.2, 0) is 0 Å². The van der Waals surface area contributed by atoms with Crippen molar-refractivity contribution in [3.63, 3.8) is 0 Å². The van der Waals surface area contributed by atoms with Crippen molar-refractivity contribution >= 4 is 28.7 Å². The number of methoxy groups -OCH3 is 2. The van der Waals surface area contributed by atoms with E-state index < -0.39 is 5.56 Å². The van der Waals surface area contributed by atoms with Crippen molar-refractivity contribution in [2.24, 2.45) is 16.0 Å². The maximum atomic E-state index is 12.7. The molecule has 0 aliphatic carbocycles. The minimum absolute atomic E-state index is 0.0823. The van der Waals surface area contributed by atoms with Gasteiger partial charge in [0.1, 0.15) is 17.2 Å². The Kier molecular flexibility index (Phi) is 5.32. The summed E-state index contributed by atoms with van der Waals surface area (Å²) < 4.78 is 11.5. The van der Waals surface area contributed by atoms with Gasteiger partial charge in [0, 0.05) is 11.6 Å². The highest BCUT2D eigenvalue weighted by molar-refractivity contribution is 7.80. The largest absolute Gasteiger partial charge is 0.497 e. The first-order valence-corrected chi connectivity index (χ1v) is 8.30. The highest BCUT2D eigenvalue weighted by Crippen LogP contribution is 2.34. The second-order valence-electron chi connectivity index (χ2n) is 5.42. The van der Waals surface area contributed by atoms with Gasteiger partial charge in [-0.3, -0.25) is 9.89 Å². The molecule has 0 saturated heterocycles. The molecule has 0 aliphatic rings. The molecule has 27 heavy (non-hydrogen) atoms. The average Bonchev–Trinajstić information content (AvgIpc) is 3.03. The first-order valence-electron chi connectivity index (χ1n) is 7.89. The minimum atomic E-state index is -0.494. The zero-order valence-corrected chi connectivity index (χ0v) is 15.5. The second-order valence-corrected chi connectivity index (χ2v) is 5.84. The van der Waals surface area contributed by atoms with E-state index in [-0.39, 0.29) is 10.8 Å². The molecule has 138 valence electrons. The Morgan fingerprint density at radius 2 is 1.85 bits per heavy atom. The van der Waals surface area contributed by atoms with Crippen LogP contribution in [0.4, 0.5) is 11.4 Å². The molecule has 0 amide bonds. The maximum absolute atomic E-state index is 12.7. The predicted octanol–water partition coefficient (Wildman–Crippen LogP) is 3.37. The molecule has 0 spiro atoms. The van der Waals surface area contributed by atoms with Gasteiger partial charge in [0.05, 0.1) is 19.9 Å². The van der Waals surface area contributed by atoms with Crippen molar-refractivity contribution in [2.45, 2.75) is 0 Å². The van der Waals surface area contributed by atoms with Gasteiger partial charge in [0.15, 0.2) is 10.8 Å². The van der Waals surface area contributed by atoms with Gasteiger partial charge in [-0.25, -0.2) is 0 Å². The van der Waals surface area contributed by atoms with Crippen LogP contribution in [0.5, 0.6) is 11.5 Å². The molecule has 0 unspecified atom stereocenters. The zero-order valence-electron chi connectivity index (χ0n) is 14.7. The molecule has 3 aromatic rings. The third-order valence-electron chi connectivity index (χ3n) is 3.79. The summed E-state index contributed by atoms with van der Waals surface area (Å²) in [5.74, 6) is 1.08. The van der Waals surface area contributed by atoms with Gasteiger partial charge in [-0.05, 0) is 24.4 Å². The van der Waals surface area contributed by atoms with Crippen LogP contribution in [-0.4, -0.2) is 29.1 Å². The van der Waals surface area contributed by atoms with Crippen molar-refractivity contribution in [2.75, 3.05) is 14.2 Å². The minimum Gasteiger partial charge on any atom is -0.497 e. The number of rotatable bonds is 5. The molecule has 1 heterocycles. The third-order valence-corrected chi connectivity index (χ3v) is 3.98. The summed E-state index contributed by atoms with van der Waals surface area (Å²) in [6, 6.07) is 14.3. The van der Waals surface area contributed by atoms with Crippen LogP contribution in [0.3, 0.4) is 0 Å². The average molecular weight is 383 g/mol. The lowest BCUT2D eigenvalue weighted by Crippen LogP contribution is -2.29. The fourth-order valence-electron chi connectivity index (χ4n) is 2.46. The normalized spacial score (nSPS) is 10.9. The maximum Gasteiger partial charge on any atom is 0.301 e. The van der Waals surface area contributed by atoms with Gasteiger partial charge in [0.2, 0.25) is 0 Å². The predicted molar refractivity (Wildman–Crippen MR) is 106 cm³/mol. The number of thiocarbonyl (C=S) groups is 1. The third kappa shape index (κ3) is 3.72. The number of aromatic amines is 1. The van der Waals surface area contributed by atoms with Crippen LogP contribution in [0, 0.1) is 0 Å². The Morgan fingerprint density at radius 3 is 2.48 bits per heavy atom. The Labute approximate surface area is 160 Å². The lowest BCUT2D eigenvalue weighted by molar-refractivity contribution is 0.404. The van der Waals surface area contributed by atoms with Gasteiger partial charge in [-0.1, -0.05) is 30.3 Å². The number of nitrogens with zero attached hydrogens (tertiary/aromatic N) is 3. The summed E-state index contributed by atoms with van der Waals surface area (Å²) in [6.45, 7) is 0. The first kappa shape index (κ1) is 18.3. The molecule has 9 heteroatoms. The van der Waals surface area contributed by atoms with Crippen LogP contribution in [0.2, 0.25) is 0 Å². The molecule has 0 bridgehead atoms. The van der Waals surface area contributed by atoms with Crippen LogP contribution < -0.4 is 20.8 Å². The van der Waals surface area contributed by atoms with E-state index in [1.54, 1.807) is 25.3 Å². The molecule has 1 aromatic heterocycles. The number of hydrogen-bond acceptors (Lipinski definition) is 6. The highest BCUT2D eigenvalue weighted by Gasteiger charge is 2.17. The smallest absolute Gasteiger partial charge is 0.301 e. The quantitative estimate of drug-likeness (QED) is 0.519. The molecule has 3 rings (SSSR count). The molecule has 8 nitrogen and oxygen atoms in total. The molecule has 0 fully saturated rings. The SMILES string of the molecule is COc1ccc(OC)c(N=Nc2c(-c3ccccc3)[nH]n(C(N)=S)c2=O)c1. The Bertz CT molecular complexity index is 1060. The second kappa shape index (κ2) is 7.83. The van der Waals surface area contributed by atoms with Gasteiger partial charge < -0.3 is 15.2 Å². The van der Waals surface area contributed by atoms with Gasteiger partial charge in [-0.2, -0.15) is 4.68 Å². The van der Waals surface area contributed by atoms with Crippen LogP contribution in [0.25, 0.3) is 11.3 Å². The summed E-state index contributed by atoms with van der Waals surface area (Å²) >= 11 is 4.92. The Morgan fingerprint density at radius 1 is 1.11 bits per heavy atom. The number of hydrogen-bond donors (Lipinski definition) is 2. The van der Waals surface area contributed by atoms with E-state index in [0.717, 1.165) is 10.2 Å². The fraction of sp³-hybridized carbons (Fsp3) is 0.111. The highest BCUT2D eigenvalue weighted by atomic mass is 32.1. The van der Waals surface area contributed by atoms with E-state index >= 15 is 0 Å². The summed E-state index contributed by atoms with van der Waals surface area (Å²) in [5, 5.41) is 11.1. The molecule has 0 saturated carbocycles. The number of aromatic nitrogens is 2. The molecule has 2 aromatic carbocycles.